The molecular formula is C34H39N3O6. The SMILES string of the molecule is C[C@](Cc1c[nH]c2ccccc12)(NC(=O)OC1C2CC3CC(C2)CC1C3)C(=O)N1C[C@H](Oc2ccccc2)C[C@@H]1C(=O)O. The Hall–Kier alpha value is -4.01. The van der Waals surface area contributed by atoms with Crippen LogP contribution in [0.1, 0.15) is 51.0 Å². The van der Waals surface area contributed by atoms with Crippen molar-refractivity contribution in [2.24, 2.45) is 23.7 Å². The van der Waals surface area contributed by atoms with E-state index in [1.807, 2.05) is 60.8 Å². The van der Waals surface area contributed by atoms with Gasteiger partial charge in [0.15, 0.2) is 0 Å². The number of ether oxygens (including phenoxy) is 2. The van der Waals surface area contributed by atoms with E-state index in [4.69, 9.17) is 9.47 Å². The summed E-state index contributed by atoms with van der Waals surface area (Å²) < 4.78 is 12.2. The number of hydrogen-bond acceptors (Lipinski definition) is 5. The number of nitrogens with one attached hydrogen (secondary N) is 2. The molecule has 2 amide bonds. The normalized spacial score (nSPS) is 30.6. The van der Waals surface area contributed by atoms with Crippen LogP contribution in [0.4, 0.5) is 4.79 Å². The summed E-state index contributed by atoms with van der Waals surface area (Å²) in [5.41, 5.74) is 0.317. The van der Waals surface area contributed by atoms with Crippen molar-refractivity contribution in [1.29, 1.82) is 0 Å². The lowest BCUT2D eigenvalue weighted by molar-refractivity contribution is -0.151. The van der Waals surface area contributed by atoms with Crippen LogP contribution >= 0.6 is 0 Å². The number of aromatic nitrogens is 1. The number of fused-ring (bicyclic) bond motifs is 1. The predicted molar refractivity (Wildman–Crippen MR) is 159 cm³/mol. The molecule has 3 N–H and O–H groups in total. The first-order valence-corrected chi connectivity index (χ1v) is 15.5. The molecule has 1 saturated heterocycles. The molecule has 4 saturated carbocycles. The van der Waals surface area contributed by atoms with Crippen molar-refractivity contribution in [2.45, 2.75) is 75.7 Å². The van der Waals surface area contributed by atoms with Crippen molar-refractivity contribution >= 4 is 28.9 Å². The van der Waals surface area contributed by atoms with Crippen LogP contribution in [0.25, 0.3) is 10.9 Å². The largest absolute Gasteiger partial charge is 0.488 e. The van der Waals surface area contributed by atoms with Gasteiger partial charge in [-0.1, -0.05) is 36.4 Å². The topological polar surface area (TPSA) is 121 Å². The van der Waals surface area contributed by atoms with Crippen LogP contribution < -0.4 is 10.1 Å². The fraction of sp³-hybridized carbons (Fsp3) is 0.500. The van der Waals surface area contributed by atoms with Crippen molar-refractivity contribution in [3.05, 3.63) is 66.4 Å². The van der Waals surface area contributed by atoms with E-state index in [9.17, 15) is 19.5 Å². The summed E-state index contributed by atoms with van der Waals surface area (Å²) >= 11 is 0. The second-order valence-corrected chi connectivity index (χ2v) is 13.4. The van der Waals surface area contributed by atoms with E-state index in [2.05, 4.69) is 10.3 Å². The molecule has 0 spiro atoms. The van der Waals surface area contributed by atoms with Crippen LogP contribution in [0.3, 0.4) is 0 Å². The molecule has 8 rings (SSSR count). The van der Waals surface area contributed by atoms with Gasteiger partial charge in [0.2, 0.25) is 5.91 Å². The molecule has 1 aromatic heterocycles. The van der Waals surface area contributed by atoms with Crippen molar-refractivity contribution in [1.82, 2.24) is 15.2 Å². The molecule has 9 heteroatoms. The molecule has 3 aromatic rings. The third-order valence-electron chi connectivity index (χ3n) is 10.3. The first-order chi connectivity index (χ1) is 20.8. The number of carboxylic acids is 1. The van der Waals surface area contributed by atoms with Crippen molar-refractivity contribution in [3.8, 4) is 5.75 Å². The molecular weight excluding hydrogens is 546 g/mol. The zero-order chi connectivity index (χ0) is 29.7. The molecule has 43 heavy (non-hydrogen) atoms. The highest BCUT2D eigenvalue weighted by molar-refractivity contribution is 5.94. The van der Waals surface area contributed by atoms with E-state index in [1.165, 1.54) is 11.3 Å². The number of H-pyrrole nitrogens is 1. The number of carboxylic acid groups (broad SMARTS) is 1. The summed E-state index contributed by atoms with van der Waals surface area (Å²) in [6, 6.07) is 15.9. The number of hydrogen-bond donors (Lipinski definition) is 3. The molecule has 1 aliphatic heterocycles. The molecule has 4 bridgehead atoms. The Morgan fingerprint density at radius 3 is 2.33 bits per heavy atom. The number of benzene rings is 2. The Balaban J connectivity index is 1.14. The molecule has 226 valence electrons. The molecule has 3 atom stereocenters. The second-order valence-electron chi connectivity index (χ2n) is 13.4. The van der Waals surface area contributed by atoms with Gasteiger partial charge in [-0.2, -0.15) is 0 Å². The quantitative estimate of drug-likeness (QED) is 0.336. The van der Waals surface area contributed by atoms with E-state index >= 15 is 0 Å². The number of para-hydroxylation sites is 2. The molecule has 4 aliphatic carbocycles. The van der Waals surface area contributed by atoms with Gasteiger partial charge in [0.05, 0.1) is 6.54 Å². The second kappa shape index (κ2) is 10.9. The first kappa shape index (κ1) is 27.8. The van der Waals surface area contributed by atoms with Crippen LogP contribution in [0.5, 0.6) is 5.75 Å². The molecule has 0 unspecified atom stereocenters. The molecule has 2 aromatic carbocycles. The number of aromatic amines is 1. The summed E-state index contributed by atoms with van der Waals surface area (Å²) in [5, 5.41) is 14.0. The fourth-order valence-electron chi connectivity index (χ4n) is 8.63. The van der Waals surface area contributed by atoms with Crippen LogP contribution in [0.15, 0.2) is 60.8 Å². The standard InChI is InChI=1S/C34H39N3O6/c1-34(17-24-18-35-28-10-6-5-9-27(24)28,36-33(41)43-30-22-12-20-11-21(14-22)15-23(30)13-20)32(40)37-19-26(16-29(37)31(38)39)42-25-7-3-2-4-8-25/h2-10,18,20-23,26,29-30,35H,11-17,19H2,1H3,(H,36,41)(H,38,39)/t20?,21?,22?,23?,26-,29-,30?,34-/m1/s1. The maximum atomic E-state index is 14.4. The minimum Gasteiger partial charge on any atom is -0.488 e. The summed E-state index contributed by atoms with van der Waals surface area (Å²) in [6.07, 6.45) is 6.64. The van der Waals surface area contributed by atoms with Crippen LogP contribution in [0, 0.1) is 23.7 Å². The third kappa shape index (κ3) is 5.34. The maximum Gasteiger partial charge on any atom is 0.408 e. The van der Waals surface area contributed by atoms with E-state index in [-0.39, 0.29) is 25.5 Å². The molecule has 9 nitrogen and oxygen atoms in total. The van der Waals surface area contributed by atoms with E-state index < -0.39 is 35.7 Å². The summed E-state index contributed by atoms with van der Waals surface area (Å²) in [7, 11) is 0. The lowest BCUT2D eigenvalue weighted by Crippen LogP contribution is -2.61. The Labute approximate surface area is 250 Å². The summed E-state index contributed by atoms with van der Waals surface area (Å²) in [4.78, 5) is 45.1. The van der Waals surface area contributed by atoms with Crippen molar-refractivity contribution < 1.29 is 29.0 Å². The zero-order valence-corrected chi connectivity index (χ0v) is 24.4. The molecule has 5 fully saturated rings. The van der Waals surface area contributed by atoms with Crippen LogP contribution in [-0.4, -0.2) is 63.3 Å². The first-order valence-electron chi connectivity index (χ1n) is 15.5. The summed E-state index contributed by atoms with van der Waals surface area (Å²) in [6.45, 7) is 1.78. The van der Waals surface area contributed by atoms with Crippen molar-refractivity contribution in [2.75, 3.05) is 6.54 Å². The molecule has 0 radical (unpaired) electrons. The van der Waals surface area contributed by atoms with Crippen LogP contribution in [0.2, 0.25) is 0 Å². The fourth-order valence-corrected chi connectivity index (χ4v) is 8.63. The minimum atomic E-state index is -1.46. The monoisotopic (exact) mass is 585 g/mol. The number of carbonyl (C=O) groups is 3. The van der Waals surface area contributed by atoms with E-state index in [0.717, 1.165) is 54.0 Å². The Morgan fingerprint density at radius 1 is 0.953 bits per heavy atom. The minimum absolute atomic E-state index is 0.0977. The maximum absolute atomic E-state index is 14.4. The van der Waals surface area contributed by atoms with Crippen LogP contribution in [-0.2, 0) is 20.7 Å². The predicted octanol–water partition coefficient (Wildman–Crippen LogP) is 5.15. The number of likely N-dealkylation sites (tertiary alicyclic amines) is 1. The Morgan fingerprint density at radius 2 is 1.63 bits per heavy atom. The molecule has 2 heterocycles. The summed E-state index contributed by atoms with van der Waals surface area (Å²) in [5.74, 6) is 1.29. The van der Waals surface area contributed by atoms with Gasteiger partial charge in [0.25, 0.3) is 0 Å². The van der Waals surface area contributed by atoms with Gasteiger partial charge in [-0.25, -0.2) is 9.59 Å². The van der Waals surface area contributed by atoms with Gasteiger partial charge in [0.1, 0.15) is 29.5 Å². The number of alkyl carbamates (subject to hydrolysis) is 1. The number of rotatable bonds is 8. The highest BCUT2D eigenvalue weighted by Gasteiger charge is 2.51. The highest BCUT2D eigenvalue weighted by atomic mass is 16.6. The molecule has 5 aliphatic rings. The number of amides is 2. The number of aliphatic carboxylic acids is 1. The average molecular weight is 586 g/mol. The third-order valence-corrected chi connectivity index (χ3v) is 10.3. The lowest BCUT2D eigenvalue weighted by Gasteiger charge is -2.53. The Kier molecular flexibility index (Phi) is 7.06. The van der Waals surface area contributed by atoms with Gasteiger partial charge in [0, 0.05) is 29.9 Å². The lowest BCUT2D eigenvalue weighted by atomic mass is 9.55. The van der Waals surface area contributed by atoms with Crippen molar-refractivity contribution in [3.63, 3.8) is 0 Å². The van der Waals surface area contributed by atoms with E-state index in [0.29, 0.717) is 17.6 Å². The van der Waals surface area contributed by atoms with Gasteiger partial charge >= 0.3 is 12.1 Å². The smallest absolute Gasteiger partial charge is 0.408 e. The average Bonchev–Trinajstić information content (AvgIpc) is 3.59. The van der Waals surface area contributed by atoms with Gasteiger partial charge in [-0.15, -0.1) is 0 Å². The van der Waals surface area contributed by atoms with Gasteiger partial charge < -0.3 is 29.8 Å². The highest BCUT2D eigenvalue weighted by Crippen LogP contribution is 2.54. The number of nitrogens with zero attached hydrogens (tertiary/aromatic N) is 1. The van der Waals surface area contributed by atoms with Gasteiger partial charge in [-0.3, -0.25) is 4.79 Å². The zero-order valence-electron chi connectivity index (χ0n) is 24.4. The number of carbonyl (C=O) groups excluding carboxylic acids is 2. The van der Waals surface area contributed by atoms with Gasteiger partial charge in [-0.05, 0) is 86.5 Å². The van der Waals surface area contributed by atoms with E-state index in [1.54, 1.807) is 6.92 Å². The Bertz CT molecular complexity index is 1490.